The highest BCUT2D eigenvalue weighted by molar-refractivity contribution is 7.89. The van der Waals surface area contributed by atoms with Gasteiger partial charge in [-0.2, -0.15) is 4.31 Å². The molecule has 7 heteroatoms. The molecule has 0 unspecified atom stereocenters. The molecule has 1 aromatic rings. The molecule has 3 atom stereocenters. The monoisotopic (exact) mass is 434 g/mol. The van der Waals surface area contributed by atoms with E-state index >= 15 is 0 Å². The minimum absolute atomic E-state index is 0.0439. The summed E-state index contributed by atoms with van der Waals surface area (Å²) in [5, 5.41) is 9.68. The van der Waals surface area contributed by atoms with E-state index in [1.165, 1.54) is 17.1 Å². The predicted molar refractivity (Wildman–Crippen MR) is 118 cm³/mol. The Kier molecular flexibility index (Phi) is 7.46. The van der Waals surface area contributed by atoms with Crippen LogP contribution in [0.15, 0.2) is 23.1 Å². The van der Waals surface area contributed by atoms with E-state index in [4.69, 9.17) is 4.74 Å². The summed E-state index contributed by atoms with van der Waals surface area (Å²) in [6.45, 7) is 4.46. The molecule has 3 rings (SSSR count). The summed E-state index contributed by atoms with van der Waals surface area (Å²) < 4.78 is 34.5. The van der Waals surface area contributed by atoms with Gasteiger partial charge >= 0.3 is 0 Å². The molecule has 30 heavy (non-hydrogen) atoms. The minimum Gasteiger partial charge on any atom is -0.487 e. The van der Waals surface area contributed by atoms with Crippen molar-refractivity contribution in [3.8, 4) is 17.6 Å². The number of nitrogens with zero attached hydrogens (tertiary/aromatic N) is 2. The number of rotatable bonds is 4. The lowest BCUT2D eigenvalue weighted by atomic mass is 10.0. The van der Waals surface area contributed by atoms with Crippen molar-refractivity contribution in [3.63, 3.8) is 0 Å². The summed E-state index contributed by atoms with van der Waals surface area (Å²) in [5.41, 5.74) is 0.773. The van der Waals surface area contributed by atoms with E-state index in [9.17, 15) is 13.5 Å². The van der Waals surface area contributed by atoms with Crippen molar-refractivity contribution in [2.45, 2.75) is 56.6 Å². The van der Waals surface area contributed by atoms with Crippen molar-refractivity contribution in [3.05, 3.63) is 23.8 Å². The molecule has 0 saturated heterocycles. The molecule has 1 aromatic carbocycles. The molecule has 2 aliphatic rings. The lowest BCUT2D eigenvalue weighted by Crippen LogP contribution is -2.49. The normalized spacial score (nSPS) is 25.5. The summed E-state index contributed by atoms with van der Waals surface area (Å²) in [4.78, 5) is 2.19. The average Bonchev–Trinajstić information content (AvgIpc) is 3.21. The second-order valence-corrected chi connectivity index (χ2v) is 10.8. The number of benzene rings is 1. The second kappa shape index (κ2) is 9.69. The van der Waals surface area contributed by atoms with Crippen molar-refractivity contribution >= 4 is 10.0 Å². The van der Waals surface area contributed by atoms with Crippen LogP contribution in [0.1, 0.15) is 45.1 Å². The lowest BCUT2D eigenvalue weighted by Gasteiger charge is -2.37. The van der Waals surface area contributed by atoms with Crippen molar-refractivity contribution in [2.24, 2.45) is 11.8 Å². The molecular weight excluding hydrogens is 400 g/mol. The maximum absolute atomic E-state index is 13.4. The zero-order chi connectivity index (χ0) is 21.9. The first-order chi connectivity index (χ1) is 14.2. The van der Waals surface area contributed by atoms with Crippen molar-refractivity contribution < 1.29 is 18.3 Å². The quantitative estimate of drug-likeness (QED) is 0.738. The maximum atomic E-state index is 13.4. The third-order valence-corrected chi connectivity index (χ3v) is 8.01. The molecule has 1 aliphatic heterocycles. The summed E-state index contributed by atoms with van der Waals surface area (Å²) >= 11 is 0. The SMILES string of the molecule is C[C@@H]1CN([C@H](C)CO)S(=O)(=O)c2ccc(C#CC3CCCC3)cc2O[C@H]1CN(C)C. The number of hydrogen-bond acceptors (Lipinski definition) is 5. The zero-order valence-corrected chi connectivity index (χ0v) is 19.3. The van der Waals surface area contributed by atoms with Crippen LogP contribution in [0.3, 0.4) is 0 Å². The topological polar surface area (TPSA) is 70.1 Å². The summed E-state index contributed by atoms with van der Waals surface area (Å²) in [6.07, 6.45) is 4.56. The molecule has 1 heterocycles. The number of aliphatic hydroxyl groups excluding tert-OH is 1. The van der Waals surface area contributed by atoms with Crippen LogP contribution < -0.4 is 4.74 Å². The first-order valence-electron chi connectivity index (χ1n) is 10.8. The summed E-state index contributed by atoms with van der Waals surface area (Å²) in [6, 6.07) is 4.61. The van der Waals surface area contributed by atoms with Gasteiger partial charge in [0.25, 0.3) is 0 Å². The Morgan fingerprint density at radius 1 is 1.30 bits per heavy atom. The molecule has 1 N–H and O–H groups in total. The second-order valence-electron chi connectivity index (χ2n) is 8.91. The summed E-state index contributed by atoms with van der Waals surface area (Å²) in [7, 11) is 0.153. The molecule has 0 aromatic heterocycles. The standard InChI is InChI=1S/C23H34N2O4S/c1-17-14-25(18(2)16-26)30(27,28)23-12-11-20(10-9-19-7-5-6-8-19)13-21(23)29-22(17)15-24(3)4/h11-13,17-19,22,26H,5-8,14-16H2,1-4H3/t17-,18-,22+/m1/s1. The van der Waals surface area contributed by atoms with E-state index < -0.39 is 16.1 Å². The molecular formula is C23H34N2O4S. The fraction of sp³-hybridized carbons (Fsp3) is 0.652. The Bertz CT molecular complexity index is 898. The fourth-order valence-electron chi connectivity index (χ4n) is 4.14. The Balaban J connectivity index is 2.04. The largest absolute Gasteiger partial charge is 0.487 e. The van der Waals surface area contributed by atoms with Crippen molar-refractivity contribution in [2.75, 3.05) is 33.8 Å². The van der Waals surface area contributed by atoms with E-state index in [2.05, 4.69) is 11.8 Å². The lowest BCUT2D eigenvalue weighted by molar-refractivity contribution is 0.0812. The fourth-order valence-corrected chi connectivity index (χ4v) is 5.96. The molecule has 6 nitrogen and oxygen atoms in total. The van der Waals surface area contributed by atoms with Crippen molar-refractivity contribution in [1.82, 2.24) is 9.21 Å². The van der Waals surface area contributed by atoms with Gasteiger partial charge < -0.3 is 14.7 Å². The predicted octanol–water partition coefficient (Wildman–Crippen LogP) is 2.56. The highest BCUT2D eigenvalue weighted by Crippen LogP contribution is 2.34. The number of fused-ring (bicyclic) bond motifs is 1. The molecule has 1 aliphatic carbocycles. The van der Waals surface area contributed by atoms with Crippen LogP contribution in [-0.2, 0) is 10.0 Å². The number of aliphatic hydroxyl groups is 1. The molecule has 0 spiro atoms. The van der Waals surface area contributed by atoms with Crippen LogP contribution >= 0.6 is 0 Å². The van der Waals surface area contributed by atoms with Crippen LogP contribution in [0.4, 0.5) is 0 Å². The Labute approximate surface area is 181 Å². The Morgan fingerprint density at radius 2 is 2.00 bits per heavy atom. The molecule has 1 fully saturated rings. The number of hydrogen-bond donors (Lipinski definition) is 1. The smallest absolute Gasteiger partial charge is 0.247 e. The molecule has 0 radical (unpaired) electrons. The van der Waals surface area contributed by atoms with E-state index in [-0.39, 0.29) is 23.5 Å². The van der Waals surface area contributed by atoms with Crippen LogP contribution in [0.25, 0.3) is 0 Å². The van der Waals surface area contributed by atoms with Gasteiger partial charge in [0.15, 0.2) is 0 Å². The average molecular weight is 435 g/mol. The van der Waals surface area contributed by atoms with E-state index in [1.807, 2.05) is 25.9 Å². The minimum atomic E-state index is -3.80. The van der Waals surface area contributed by atoms with Gasteiger partial charge in [-0.15, -0.1) is 0 Å². The van der Waals surface area contributed by atoms with Gasteiger partial charge in [-0.1, -0.05) is 31.6 Å². The zero-order valence-electron chi connectivity index (χ0n) is 18.5. The molecule has 0 bridgehead atoms. The number of sulfonamides is 1. The number of likely N-dealkylation sites (N-methyl/N-ethyl adjacent to an activating group) is 1. The third kappa shape index (κ3) is 5.17. The van der Waals surface area contributed by atoms with Gasteiger partial charge in [0.1, 0.15) is 16.7 Å². The van der Waals surface area contributed by atoms with Crippen LogP contribution in [0, 0.1) is 23.7 Å². The molecule has 1 saturated carbocycles. The van der Waals surface area contributed by atoms with Crippen molar-refractivity contribution in [1.29, 1.82) is 0 Å². The number of ether oxygens (including phenoxy) is 1. The van der Waals surface area contributed by atoms with Crippen LogP contribution in [0.2, 0.25) is 0 Å². The van der Waals surface area contributed by atoms with Gasteiger partial charge in [-0.25, -0.2) is 8.42 Å². The first-order valence-corrected chi connectivity index (χ1v) is 12.3. The van der Waals surface area contributed by atoms with Gasteiger partial charge in [0, 0.05) is 36.5 Å². The molecule has 0 amide bonds. The summed E-state index contributed by atoms with van der Waals surface area (Å²) in [5.74, 6) is 7.29. The first kappa shape index (κ1) is 23.1. The van der Waals surface area contributed by atoms with Gasteiger partial charge in [-0.3, -0.25) is 0 Å². The highest BCUT2D eigenvalue weighted by Gasteiger charge is 2.37. The van der Waals surface area contributed by atoms with Gasteiger partial charge in [0.05, 0.1) is 6.61 Å². The molecule has 166 valence electrons. The van der Waals surface area contributed by atoms with E-state index in [0.717, 1.165) is 18.4 Å². The van der Waals surface area contributed by atoms with E-state index in [1.54, 1.807) is 25.1 Å². The third-order valence-electron chi connectivity index (χ3n) is 5.99. The van der Waals surface area contributed by atoms with Crippen LogP contribution in [0.5, 0.6) is 5.75 Å². The van der Waals surface area contributed by atoms with Crippen LogP contribution in [-0.4, -0.2) is 68.7 Å². The van der Waals surface area contributed by atoms with Gasteiger partial charge in [0.2, 0.25) is 10.0 Å². The Morgan fingerprint density at radius 3 is 2.63 bits per heavy atom. The Hall–Kier alpha value is -1.59. The maximum Gasteiger partial charge on any atom is 0.247 e. The van der Waals surface area contributed by atoms with E-state index in [0.29, 0.717) is 24.8 Å². The highest BCUT2D eigenvalue weighted by atomic mass is 32.2. The van der Waals surface area contributed by atoms with Gasteiger partial charge in [-0.05, 0) is 52.1 Å².